The van der Waals surface area contributed by atoms with E-state index in [0.717, 1.165) is 4.42 Å². The highest BCUT2D eigenvalue weighted by molar-refractivity contribution is 7.89. The van der Waals surface area contributed by atoms with Gasteiger partial charge in [-0.3, -0.25) is 15.2 Å². The first-order valence-corrected chi connectivity index (χ1v) is 8.73. The third kappa shape index (κ3) is 3.81. The topological polar surface area (TPSA) is 149 Å². The summed E-state index contributed by atoms with van der Waals surface area (Å²) in [5.41, 5.74) is 3.99. The van der Waals surface area contributed by atoms with Gasteiger partial charge in [0.05, 0.1) is 16.8 Å². The third-order valence-corrected chi connectivity index (χ3v) is 5.38. The number of hydrogen-bond acceptors (Lipinski definition) is 5. The molecule has 0 spiro atoms. The summed E-state index contributed by atoms with van der Waals surface area (Å²) in [5, 5.41) is 17.4. The summed E-state index contributed by atoms with van der Waals surface area (Å²) in [6, 6.07) is 4.11. The molecule has 11 heteroatoms. The van der Waals surface area contributed by atoms with E-state index in [9.17, 15) is 13.2 Å². The van der Waals surface area contributed by atoms with Crippen molar-refractivity contribution in [1.29, 1.82) is 5.41 Å². The van der Waals surface area contributed by atoms with Crippen LogP contribution in [0.25, 0.3) is 10.8 Å². The fourth-order valence-electron chi connectivity index (χ4n) is 2.03. The number of hydrogen-bond donors (Lipinski definition) is 4. The molecular formula is C14H16ClN5O4S. The number of carboxylic acids is 1. The number of aromatic nitrogens is 1. The van der Waals surface area contributed by atoms with Gasteiger partial charge in [0.1, 0.15) is 5.54 Å². The number of anilines is 1. The maximum absolute atomic E-state index is 12.4. The quantitative estimate of drug-likeness (QED) is 0.343. The number of carbonyl (C=O) groups is 1. The van der Waals surface area contributed by atoms with Gasteiger partial charge in [-0.25, -0.2) is 12.8 Å². The Hall–Kier alpha value is -2.43. The van der Waals surface area contributed by atoms with E-state index in [1.807, 2.05) is 0 Å². The van der Waals surface area contributed by atoms with Gasteiger partial charge in [-0.1, -0.05) is 6.07 Å². The summed E-state index contributed by atoms with van der Waals surface area (Å²) in [6.07, 6.45) is 2.81. The van der Waals surface area contributed by atoms with Crippen LogP contribution >= 0.6 is 11.8 Å². The first-order chi connectivity index (χ1) is 11.5. The van der Waals surface area contributed by atoms with Crippen LogP contribution < -0.4 is 14.9 Å². The van der Waals surface area contributed by atoms with Crippen molar-refractivity contribution in [1.82, 2.24) is 9.71 Å². The molecule has 2 rings (SSSR count). The normalized spacial score (nSPS) is 12.1. The molecule has 2 aromatic rings. The molecular weight excluding hydrogens is 370 g/mol. The van der Waals surface area contributed by atoms with Gasteiger partial charge in [0.15, 0.2) is 0 Å². The highest BCUT2D eigenvalue weighted by atomic mass is 35.5. The average molecular weight is 386 g/mol. The van der Waals surface area contributed by atoms with Crippen molar-refractivity contribution in [2.45, 2.75) is 24.3 Å². The molecule has 0 saturated carbocycles. The maximum Gasteiger partial charge on any atom is 0.324 e. The number of nitrogens with two attached hydrogens (primary N) is 1. The number of sulfonamides is 1. The minimum atomic E-state index is -4.08. The van der Waals surface area contributed by atoms with Gasteiger partial charge in [0, 0.05) is 28.7 Å². The van der Waals surface area contributed by atoms with Crippen molar-refractivity contribution in [3.63, 3.8) is 0 Å². The lowest BCUT2D eigenvalue weighted by molar-refractivity contribution is -0.142. The van der Waals surface area contributed by atoms with Gasteiger partial charge in [-0.15, -0.1) is 0 Å². The Morgan fingerprint density at radius 1 is 1.40 bits per heavy atom. The highest BCUT2D eigenvalue weighted by Gasteiger charge is 2.33. The lowest BCUT2D eigenvalue weighted by atomic mass is 10.1. The molecule has 0 bridgehead atoms. The Bertz CT molecular complexity index is 961. The van der Waals surface area contributed by atoms with Gasteiger partial charge in [-0.05, 0) is 26.0 Å². The van der Waals surface area contributed by atoms with Crippen LogP contribution in [-0.2, 0) is 14.8 Å². The molecule has 25 heavy (non-hydrogen) atoms. The number of rotatable bonds is 5. The number of guanidine groups is 1. The van der Waals surface area contributed by atoms with Crippen LogP contribution in [0.2, 0.25) is 0 Å². The summed E-state index contributed by atoms with van der Waals surface area (Å²) in [6.45, 7) is 2.48. The predicted molar refractivity (Wildman–Crippen MR) is 94.0 cm³/mol. The van der Waals surface area contributed by atoms with Crippen LogP contribution in [0.1, 0.15) is 13.8 Å². The molecule has 9 nitrogen and oxygen atoms in total. The highest BCUT2D eigenvalue weighted by Crippen LogP contribution is 2.29. The number of benzene rings is 1. The summed E-state index contributed by atoms with van der Waals surface area (Å²) in [5.74, 6) is -1.72. The van der Waals surface area contributed by atoms with Crippen LogP contribution in [0, 0.1) is 5.41 Å². The second-order valence-corrected chi connectivity index (χ2v) is 7.76. The van der Waals surface area contributed by atoms with Crippen molar-refractivity contribution in [2.24, 2.45) is 5.73 Å². The molecule has 0 aliphatic rings. The molecule has 1 heterocycles. The maximum atomic E-state index is 12.4. The van der Waals surface area contributed by atoms with E-state index in [4.69, 9.17) is 28.0 Å². The summed E-state index contributed by atoms with van der Waals surface area (Å²) in [7, 11) is -4.08. The second-order valence-electron chi connectivity index (χ2n) is 5.74. The minimum Gasteiger partial charge on any atom is -0.480 e. The first kappa shape index (κ1) is 18.9. The zero-order valence-electron chi connectivity index (χ0n) is 13.3. The molecule has 0 aliphatic carbocycles. The van der Waals surface area contributed by atoms with Crippen molar-refractivity contribution in [3.8, 4) is 0 Å². The fourth-order valence-corrected chi connectivity index (χ4v) is 3.57. The Kier molecular flexibility index (Phi) is 4.89. The summed E-state index contributed by atoms with van der Waals surface area (Å²) >= 11 is 5.92. The monoisotopic (exact) mass is 385 g/mol. The molecule has 0 fully saturated rings. The number of nitrogens with zero attached hydrogens (tertiary/aromatic N) is 2. The molecule has 0 radical (unpaired) electrons. The van der Waals surface area contributed by atoms with Crippen LogP contribution in [0.5, 0.6) is 0 Å². The molecule has 0 unspecified atom stereocenters. The zero-order chi connectivity index (χ0) is 19.0. The largest absolute Gasteiger partial charge is 0.480 e. The number of aliphatic carboxylic acids is 1. The van der Waals surface area contributed by atoms with Gasteiger partial charge >= 0.3 is 5.97 Å². The molecule has 134 valence electrons. The van der Waals surface area contributed by atoms with Crippen LogP contribution in [0.3, 0.4) is 0 Å². The van der Waals surface area contributed by atoms with E-state index in [-0.39, 0.29) is 4.90 Å². The Balaban J connectivity index is 2.52. The summed E-state index contributed by atoms with van der Waals surface area (Å²) < 4.78 is 27.9. The lowest BCUT2D eigenvalue weighted by Crippen LogP contribution is -2.49. The standard InChI is InChI=1S/C14H16ClN5O4S/c1-14(2,12(21)22)19-25(23,24)9-3-4-10-8(5-9)6-18-7-11(10)20(15)13(16)17/h3-7,19H,1-2H3,(H3,16,17)(H,21,22). The van der Waals surface area contributed by atoms with Gasteiger partial charge < -0.3 is 10.8 Å². The molecule has 5 N–H and O–H groups in total. The molecule has 1 aromatic heterocycles. The van der Waals surface area contributed by atoms with Crippen molar-refractivity contribution in [3.05, 3.63) is 30.6 Å². The Morgan fingerprint density at radius 2 is 2.04 bits per heavy atom. The Morgan fingerprint density at radius 3 is 2.60 bits per heavy atom. The lowest BCUT2D eigenvalue weighted by Gasteiger charge is -2.21. The van der Waals surface area contributed by atoms with Crippen LogP contribution in [0.15, 0.2) is 35.5 Å². The number of pyridine rings is 1. The van der Waals surface area contributed by atoms with E-state index < -0.39 is 27.5 Å². The Labute approximate surface area is 149 Å². The summed E-state index contributed by atoms with van der Waals surface area (Å²) in [4.78, 5) is 15.0. The number of carboxylic acid groups (broad SMARTS) is 1. The number of nitrogens with one attached hydrogen (secondary N) is 2. The SMILES string of the molecule is CC(C)(NS(=O)(=O)c1ccc2c(N(Cl)C(=N)N)cncc2c1)C(=O)O. The van der Waals surface area contributed by atoms with Gasteiger partial charge in [0.2, 0.25) is 16.0 Å². The van der Waals surface area contributed by atoms with E-state index in [1.165, 1.54) is 44.4 Å². The van der Waals surface area contributed by atoms with Crippen molar-refractivity contribution in [2.75, 3.05) is 4.42 Å². The van der Waals surface area contributed by atoms with E-state index in [0.29, 0.717) is 16.5 Å². The molecule has 0 saturated heterocycles. The third-order valence-electron chi connectivity index (χ3n) is 3.37. The fraction of sp³-hybridized carbons (Fsp3) is 0.214. The van der Waals surface area contributed by atoms with Gasteiger partial charge in [-0.2, -0.15) is 4.72 Å². The number of halogens is 1. The van der Waals surface area contributed by atoms with E-state index >= 15 is 0 Å². The van der Waals surface area contributed by atoms with Crippen molar-refractivity contribution < 1.29 is 18.3 Å². The molecule has 0 amide bonds. The smallest absolute Gasteiger partial charge is 0.324 e. The van der Waals surface area contributed by atoms with E-state index in [1.54, 1.807) is 0 Å². The number of fused-ring (bicyclic) bond motifs is 1. The molecule has 0 aliphatic heterocycles. The first-order valence-electron chi connectivity index (χ1n) is 6.91. The predicted octanol–water partition coefficient (Wildman–Crippen LogP) is 1.23. The average Bonchev–Trinajstić information content (AvgIpc) is 2.51. The van der Waals surface area contributed by atoms with E-state index in [2.05, 4.69) is 9.71 Å². The zero-order valence-corrected chi connectivity index (χ0v) is 14.9. The van der Waals surface area contributed by atoms with Crippen LogP contribution in [0.4, 0.5) is 5.69 Å². The minimum absolute atomic E-state index is 0.128. The second kappa shape index (κ2) is 6.47. The molecule has 1 aromatic carbocycles. The van der Waals surface area contributed by atoms with Gasteiger partial charge in [0.25, 0.3) is 0 Å². The van der Waals surface area contributed by atoms with Crippen molar-refractivity contribution >= 4 is 50.2 Å². The van der Waals surface area contributed by atoms with Crippen LogP contribution in [-0.4, -0.2) is 36.0 Å². The molecule has 0 atom stereocenters.